The number of amides is 1. The fourth-order valence-corrected chi connectivity index (χ4v) is 1.20. The number of carbonyl (C=O) groups is 1. The second-order valence-corrected chi connectivity index (χ2v) is 3.60. The molecule has 0 saturated heterocycles. The van der Waals surface area contributed by atoms with Crippen LogP contribution in [0.4, 0.5) is 5.82 Å². The van der Waals surface area contributed by atoms with E-state index in [-0.39, 0.29) is 11.8 Å². The van der Waals surface area contributed by atoms with Gasteiger partial charge in [-0.25, -0.2) is 4.98 Å². The summed E-state index contributed by atoms with van der Waals surface area (Å²) in [5, 5.41) is 0. The first-order valence-electron chi connectivity index (χ1n) is 3.59. The number of halogens is 2. The zero-order valence-corrected chi connectivity index (χ0v) is 9.34. The van der Waals surface area contributed by atoms with E-state index in [1.807, 2.05) is 6.07 Å². The maximum absolute atomic E-state index is 11.1. The maximum atomic E-state index is 11.1. The van der Waals surface area contributed by atoms with Crippen LogP contribution in [0.2, 0.25) is 0 Å². The van der Waals surface area contributed by atoms with Gasteiger partial charge in [0.15, 0.2) is 0 Å². The molecule has 1 aromatic rings. The highest BCUT2D eigenvalue weighted by Crippen LogP contribution is 2.13. The summed E-state index contributed by atoms with van der Waals surface area (Å²) in [6, 6.07) is 3.56. The van der Waals surface area contributed by atoms with Gasteiger partial charge in [0.2, 0.25) is 5.91 Å². The molecule has 0 atom stereocenters. The van der Waals surface area contributed by atoms with Gasteiger partial charge in [-0.1, -0.05) is 0 Å². The fraction of sp³-hybridized carbons (Fsp3) is 0.250. The standard InChI is InChI=1S/C8H8BrClN2O/c1-12(8(13)4-10)7-3-2-6(9)5-11-7/h2-3,5H,4H2,1H3. The summed E-state index contributed by atoms with van der Waals surface area (Å²) in [6.07, 6.45) is 1.63. The molecule has 1 heterocycles. The van der Waals surface area contributed by atoms with Gasteiger partial charge in [-0.3, -0.25) is 9.69 Å². The molecule has 0 aromatic carbocycles. The van der Waals surface area contributed by atoms with Gasteiger partial charge in [0.05, 0.1) is 0 Å². The SMILES string of the molecule is CN(C(=O)CCl)c1ccc(Br)cn1. The molecule has 5 heteroatoms. The van der Waals surface area contributed by atoms with E-state index in [0.29, 0.717) is 5.82 Å². The molecule has 0 aliphatic carbocycles. The predicted octanol–water partition coefficient (Wildman–Crippen LogP) is 2.05. The summed E-state index contributed by atoms with van der Waals surface area (Å²) in [7, 11) is 1.64. The minimum Gasteiger partial charge on any atom is -0.299 e. The van der Waals surface area contributed by atoms with E-state index >= 15 is 0 Å². The van der Waals surface area contributed by atoms with Crippen molar-refractivity contribution in [2.45, 2.75) is 0 Å². The number of hydrogen-bond acceptors (Lipinski definition) is 2. The third-order valence-corrected chi connectivity index (χ3v) is 2.24. The second kappa shape index (κ2) is 4.58. The Bertz CT molecular complexity index is 302. The van der Waals surface area contributed by atoms with Gasteiger partial charge in [-0.2, -0.15) is 0 Å². The van der Waals surface area contributed by atoms with Crippen LogP contribution in [0.5, 0.6) is 0 Å². The molecule has 1 rings (SSSR count). The van der Waals surface area contributed by atoms with Gasteiger partial charge in [-0.15, -0.1) is 11.6 Å². The van der Waals surface area contributed by atoms with Crippen LogP contribution in [-0.4, -0.2) is 23.8 Å². The van der Waals surface area contributed by atoms with E-state index in [1.54, 1.807) is 19.3 Å². The molecule has 0 aliphatic rings. The summed E-state index contributed by atoms with van der Waals surface area (Å²) < 4.78 is 0.878. The topological polar surface area (TPSA) is 33.2 Å². The van der Waals surface area contributed by atoms with Crippen molar-refractivity contribution in [3.05, 3.63) is 22.8 Å². The summed E-state index contributed by atoms with van der Waals surface area (Å²) in [5.41, 5.74) is 0. The van der Waals surface area contributed by atoms with E-state index in [9.17, 15) is 4.79 Å². The fourth-order valence-electron chi connectivity index (χ4n) is 0.784. The van der Waals surface area contributed by atoms with E-state index in [4.69, 9.17) is 11.6 Å². The van der Waals surface area contributed by atoms with Gasteiger partial charge < -0.3 is 0 Å². The lowest BCUT2D eigenvalue weighted by Gasteiger charge is -2.13. The first-order chi connectivity index (χ1) is 6.15. The summed E-state index contributed by atoms with van der Waals surface area (Å²) in [5.74, 6) is 0.388. The Balaban J connectivity index is 2.83. The Morgan fingerprint density at radius 3 is 2.85 bits per heavy atom. The number of alkyl halides is 1. The Kier molecular flexibility index (Phi) is 3.69. The van der Waals surface area contributed by atoms with Crippen molar-refractivity contribution in [1.82, 2.24) is 4.98 Å². The van der Waals surface area contributed by atoms with E-state index in [1.165, 1.54) is 4.90 Å². The lowest BCUT2D eigenvalue weighted by molar-refractivity contribution is -0.116. The minimum absolute atomic E-state index is 0.0335. The van der Waals surface area contributed by atoms with Crippen molar-refractivity contribution < 1.29 is 4.79 Å². The van der Waals surface area contributed by atoms with Crippen molar-refractivity contribution in [1.29, 1.82) is 0 Å². The third kappa shape index (κ3) is 2.67. The number of pyridine rings is 1. The Hall–Kier alpha value is -0.610. The predicted molar refractivity (Wildman–Crippen MR) is 56.1 cm³/mol. The van der Waals surface area contributed by atoms with Gasteiger partial charge >= 0.3 is 0 Å². The van der Waals surface area contributed by atoms with Crippen LogP contribution in [0.15, 0.2) is 22.8 Å². The minimum atomic E-state index is -0.170. The number of carbonyl (C=O) groups excluding carboxylic acids is 1. The Labute approximate surface area is 89.8 Å². The molecule has 3 nitrogen and oxygen atoms in total. The highest BCUT2D eigenvalue weighted by atomic mass is 79.9. The van der Waals surface area contributed by atoms with Crippen LogP contribution >= 0.6 is 27.5 Å². The van der Waals surface area contributed by atoms with Crippen molar-refractivity contribution in [2.24, 2.45) is 0 Å². The monoisotopic (exact) mass is 262 g/mol. The van der Waals surface area contributed by atoms with E-state index in [2.05, 4.69) is 20.9 Å². The number of aromatic nitrogens is 1. The summed E-state index contributed by atoms with van der Waals surface area (Å²) in [6.45, 7) is 0. The lowest BCUT2D eigenvalue weighted by atomic mass is 10.4. The molecule has 1 amide bonds. The zero-order chi connectivity index (χ0) is 9.84. The number of nitrogens with zero attached hydrogens (tertiary/aromatic N) is 2. The highest BCUT2D eigenvalue weighted by Gasteiger charge is 2.09. The molecular weight excluding hydrogens is 255 g/mol. The van der Waals surface area contributed by atoms with Crippen LogP contribution in [0.3, 0.4) is 0 Å². The first kappa shape index (κ1) is 10.5. The van der Waals surface area contributed by atoms with Gasteiger partial charge in [-0.05, 0) is 28.1 Å². The van der Waals surface area contributed by atoms with Crippen LogP contribution in [0, 0.1) is 0 Å². The normalized spacial score (nSPS) is 9.77. The molecule has 0 unspecified atom stereocenters. The van der Waals surface area contributed by atoms with Crippen molar-refractivity contribution in [2.75, 3.05) is 17.8 Å². The van der Waals surface area contributed by atoms with Crippen LogP contribution in [-0.2, 0) is 4.79 Å². The van der Waals surface area contributed by atoms with Crippen molar-refractivity contribution in [3.63, 3.8) is 0 Å². The third-order valence-electron chi connectivity index (χ3n) is 1.54. The van der Waals surface area contributed by atoms with Crippen molar-refractivity contribution in [3.8, 4) is 0 Å². The molecule has 70 valence electrons. The number of rotatable bonds is 2. The van der Waals surface area contributed by atoms with E-state index in [0.717, 1.165) is 4.47 Å². The summed E-state index contributed by atoms with van der Waals surface area (Å²) in [4.78, 5) is 16.6. The first-order valence-corrected chi connectivity index (χ1v) is 4.92. The van der Waals surface area contributed by atoms with Crippen molar-refractivity contribution >= 4 is 39.3 Å². The number of anilines is 1. The van der Waals surface area contributed by atoms with Crippen LogP contribution in [0.1, 0.15) is 0 Å². The number of hydrogen-bond donors (Lipinski definition) is 0. The summed E-state index contributed by atoms with van der Waals surface area (Å²) >= 11 is 8.66. The highest BCUT2D eigenvalue weighted by molar-refractivity contribution is 9.10. The molecule has 0 bridgehead atoms. The maximum Gasteiger partial charge on any atom is 0.242 e. The molecule has 0 N–H and O–H groups in total. The molecule has 1 aromatic heterocycles. The smallest absolute Gasteiger partial charge is 0.242 e. The second-order valence-electron chi connectivity index (χ2n) is 2.42. The average molecular weight is 264 g/mol. The van der Waals surface area contributed by atoms with Crippen LogP contribution < -0.4 is 4.90 Å². The van der Waals surface area contributed by atoms with E-state index < -0.39 is 0 Å². The molecule has 0 saturated carbocycles. The quantitative estimate of drug-likeness (QED) is 0.765. The molecule has 0 spiro atoms. The largest absolute Gasteiger partial charge is 0.299 e. The van der Waals surface area contributed by atoms with Crippen LogP contribution in [0.25, 0.3) is 0 Å². The van der Waals surface area contributed by atoms with Gasteiger partial charge in [0, 0.05) is 17.7 Å². The molecular formula is C8H8BrClN2O. The molecule has 0 radical (unpaired) electrons. The lowest BCUT2D eigenvalue weighted by Crippen LogP contribution is -2.27. The van der Waals surface area contributed by atoms with Gasteiger partial charge in [0.25, 0.3) is 0 Å². The average Bonchev–Trinajstić information content (AvgIpc) is 2.17. The zero-order valence-electron chi connectivity index (χ0n) is 7.00. The Morgan fingerprint density at radius 1 is 1.69 bits per heavy atom. The molecule has 13 heavy (non-hydrogen) atoms. The van der Waals surface area contributed by atoms with Gasteiger partial charge in [0.1, 0.15) is 11.7 Å². The molecule has 0 fully saturated rings. The Morgan fingerprint density at radius 2 is 2.38 bits per heavy atom. The molecule has 0 aliphatic heterocycles.